The third-order valence-corrected chi connectivity index (χ3v) is 1.46. The molecule has 0 aromatic carbocycles. The highest BCUT2D eigenvalue weighted by Gasteiger charge is 1.97. The highest BCUT2D eigenvalue weighted by Crippen LogP contribution is 2.05. The summed E-state index contributed by atoms with van der Waals surface area (Å²) in [4.78, 5) is 3.71. The summed E-state index contributed by atoms with van der Waals surface area (Å²) in [5.41, 5.74) is 0.387. The smallest absolute Gasteiger partial charge is 0.260 e. The van der Waals surface area contributed by atoms with E-state index in [9.17, 15) is 4.21 Å². The molecule has 0 bridgehead atoms. The zero-order chi connectivity index (χ0) is 8.97. The van der Waals surface area contributed by atoms with Gasteiger partial charge >= 0.3 is 0 Å². The van der Waals surface area contributed by atoms with Crippen LogP contribution in [0.15, 0.2) is 18.3 Å². The monoisotopic (exact) mass is 183 g/mol. The fourth-order valence-electron chi connectivity index (χ4n) is 0.645. The topological polar surface area (TPSA) is 86.0 Å². The molecule has 62 valence electrons. The molecule has 5 nitrogen and oxygen atoms in total. The van der Waals surface area contributed by atoms with Crippen molar-refractivity contribution in [3.8, 4) is 6.07 Å². The van der Waals surface area contributed by atoms with Gasteiger partial charge in [-0.15, -0.1) is 0 Å². The fraction of sp³-hybridized carbons (Fsp3) is 0. The Hall–Kier alpha value is -1.45. The molecule has 1 aromatic heterocycles. The Morgan fingerprint density at radius 1 is 1.75 bits per heavy atom. The largest absolute Gasteiger partial charge is 0.289 e. The van der Waals surface area contributed by atoms with Crippen LogP contribution in [0.2, 0.25) is 0 Å². The Labute approximate surface area is 71.5 Å². The number of anilines is 1. The van der Waals surface area contributed by atoms with Gasteiger partial charge < -0.3 is 0 Å². The Kier molecular flexibility index (Phi) is 2.74. The van der Waals surface area contributed by atoms with Crippen molar-refractivity contribution in [2.45, 2.75) is 0 Å². The Balaban J connectivity index is 2.88. The number of rotatable bonds is 2. The first-order chi connectivity index (χ1) is 5.72. The molecule has 0 aliphatic heterocycles. The van der Waals surface area contributed by atoms with Gasteiger partial charge in [0.25, 0.3) is 11.3 Å². The van der Waals surface area contributed by atoms with Crippen molar-refractivity contribution in [3.05, 3.63) is 23.9 Å². The van der Waals surface area contributed by atoms with Crippen LogP contribution >= 0.6 is 0 Å². The highest BCUT2D eigenvalue weighted by molar-refractivity contribution is 7.80. The normalized spacial score (nSPS) is 11.7. The molecule has 1 atom stereocenters. The van der Waals surface area contributed by atoms with Crippen LogP contribution in [0.5, 0.6) is 0 Å². The molecule has 1 heterocycles. The van der Waals surface area contributed by atoms with E-state index in [0.717, 1.165) is 0 Å². The molecule has 6 heteroatoms. The van der Waals surface area contributed by atoms with Crippen LogP contribution in [-0.4, -0.2) is 13.7 Å². The third kappa shape index (κ3) is 2.30. The maximum absolute atomic E-state index is 10.2. The molecule has 0 aliphatic carbocycles. The molecule has 12 heavy (non-hydrogen) atoms. The highest BCUT2D eigenvalue weighted by atomic mass is 32.2. The minimum absolute atomic E-state index is 0.204. The van der Waals surface area contributed by atoms with Crippen molar-refractivity contribution in [2.24, 2.45) is 0 Å². The van der Waals surface area contributed by atoms with Gasteiger partial charge in [-0.05, 0) is 12.1 Å². The number of hydrogen-bond donors (Lipinski definition) is 2. The third-order valence-electron chi connectivity index (χ3n) is 1.08. The SMILES string of the molecule is N#Cc1ccnc(NS(=O)O)c1. The van der Waals surface area contributed by atoms with Gasteiger partial charge in [0.15, 0.2) is 0 Å². The van der Waals surface area contributed by atoms with Gasteiger partial charge in [0.2, 0.25) is 0 Å². The van der Waals surface area contributed by atoms with Crippen LogP contribution in [0, 0.1) is 11.3 Å². The summed E-state index contributed by atoms with van der Waals surface area (Å²) in [5, 5.41) is 8.45. The van der Waals surface area contributed by atoms with E-state index < -0.39 is 11.3 Å². The predicted molar refractivity (Wildman–Crippen MR) is 43.3 cm³/mol. The molecule has 1 aromatic rings. The first-order valence-corrected chi connectivity index (χ1v) is 4.06. The summed E-state index contributed by atoms with van der Waals surface area (Å²) in [6.07, 6.45) is 1.38. The minimum Gasteiger partial charge on any atom is -0.289 e. The van der Waals surface area contributed by atoms with E-state index >= 15 is 0 Å². The summed E-state index contributed by atoms with van der Waals surface area (Å²) in [7, 11) is 0. The van der Waals surface area contributed by atoms with Crippen molar-refractivity contribution in [1.82, 2.24) is 4.98 Å². The van der Waals surface area contributed by atoms with Crippen LogP contribution in [0.3, 0.4) is 0 Å². The van der Waals surface area contributed by atoms with Gasteiger partial charge in [-0.25, -0.2) is 9.19 Å². The van der Waals surface area contributed by atoms with Gasteiger partial charge in [0.1, 0.15) is 5.82 Å². The number of nitrogens with zero attached hydrogens (tertiary/aromatic N) is 2. The van der Waals surface area contributed by atoms with E-state index in [4.69, 9.17) is 9.81 Å². The average molecular weight is 183 g/mol. The van der Waals surface area contributed by atoms with E-state index in [2.05, 4.69) is 9.71 Å². The van der Waals surface area contributed by atoms with Crippen LogP contribution < -0.4 is 4.72 Å². The van der Waals surface area contributed by atoms with Gasteiger partial charge in [-0.3, -0.25) is 9.27 Å². The fourth-order valence-corrected chi connectivity index (χ4v) is 0.936. The second-order valence-corrected chi connectivity index (χ2v) is 2.60. The molecule has 0 fully saturated rings. The molecule has 1 unspecified atom stereocenters. The van der Waals surface area contributed by atoms with Crippen LogP contribution in [0.25, 0.3) is 0 Å². The van der Waals surface area contributed by atoms with Gasteiger partial charge in [-0.1, -0.05) is 0 Å². The molecular formula is C6H5N3O2S. The average Bonchev–Trinajstić information content (AvgIpc) is 2.03. The summed E-state index contributed by atoms with van der Waals surface area (Å²) in [6.45, 7) is 0. The van der Waals surface area contributed by atoms with Crippen LogP contribution in [0.4, 0.5) is 5.82 Å². The number of hydrogen-bond acceptors (Lipinski definition) is 3. The lowest BCUT2D eigenvalue weighted by Crippen LogP contribution is -2.03. The molecule has 0 amide bonds. The first kappa shape index (κ1) is 8.64. The number of aromatic nitrogens is 1. The number of nitrogens with one attached hydrogen (secondary N) is 1. The lowest BCUT2D eigenvalue weighted by atomic mass is 10.3. The van der Waals surface area contributed by atoms with Crippen LogP contribution in [-0.2, 0) is 11.3 Å². The maximum atomic E-state index is 10.2. The van der Waals surface area contributed by atoms with Crippen molar-refractivity contribution in [3.63, 3.8) is 0 Å². The van der Waals surface area contributed by atoms with E-state index in [1.807, 2.05) is 6.07 Å². The maximum Gasteiger partial charge on any atom is 0.260 e. The lowest BCUT2D eigenvalue weighted by Gasteiger charge is -1.98. The standard InChI is InChI=1S/C6H5N3O2S/c7-4-5-1-2-8-6(3-5)9-12(10)11/h1-3H,(H,8,9)(H,10,11). The zero-order valence-corrected chi connectivity index (χ0v) is 6.71. The van der Waals surface area contributed by atoms with Crippen molar-refractivity contribution < 1.29 is 8.76 Å². The van der Waals surface area contributed by atoms with E-state index in [-0.39, 0.29) is 5.82 Å². The number of nitriles is 1. The van der Waals surface area contributed by atoms with E-state index in [0.29, 0.717) is 5.56 Å². The quantitative estimate of drug-likeness (QED) is 0.654. The predicted octanol–water partition coefficient (Wildman–Crippen LogP) is 0.502. The second-order valence-electron chi connectivity index (χ2n) is 1.89. The van der Waals surface area contributed by atoms with Gasteiger partial charge in [0, 0.05) is 6.20 Å². The van der Waals surface area contributed by atoms with Gasteiger partial charge in [-0.2, -0.15) is 5.26 Å². The number of pyridine rings is 1. The van der Waals surface area contributed by atoms with Crippen molar-refractivity contribution >= 4 is 17.1 Å². The van der Waals surface area contributed by atoms with Crippen LogP contribution in [0.1, 0.15) is 5.56 Å². The Morgan fingerprint density at radius 2 is 2.50 bits per heavy atom. The molecule has 0 saturated heterocycles. The molecule has 0 spiro atoms. The molecule has 1 rings (SSSR count). The summed E-state index contributed by atoms with van der Waals surface area (Å²) >= 11 is -2.15. The zero-order valence-electron chi connectivity index (χ0n) is 5.89. The van der Waals surface area contributed by atoms with E-state index in [1.54, 1.807) is 0 Å². The molecule has 0 radical (unpaired) electrons. The first-order valence-electron chi connectivity index (χ1n) is 2.96. The van der Waals surface area contributed by atoms with Crippen molar-refractivity contribution in [2.75, 3.05) is 4.72 Å². The summed E-state index contributed by atoms with van der Waals surface area (Å²) in [6, 6.07) is 4.77. The Morgan fingerprint density at radius 3 is 3.08 bits per heavy atom. The molecule has 2 N–H and O–H groups in total. The Bertz CT molecular complexity index is 347. The molecule has 0 saturated carbocycles. The van der Waals surface area contributed by atoms with Gasteiger partial charge in [0.05, 0.1) is 11.6 Å². The second kappa shape index (κ2) is 3.80. The molecule has 0 aliphatic rings. The summed E-state index contributed by atoms with van der Waals surface area (Å²) in [5.74, 6) is 0.204. The lowest BCUT2D eigenvalue weighted by molar-refractivity contribution is 0.570. The molecular weight excluding hydrogens is 178 g/mol. The van der Waals surface area contributed by atoms with Crippen molar-refractivity contribution in [1.29, 1.82) is 5.26 Å². The van der Waals surface area contributed by atoms with E-state index in [1.165, 1.54) is 18.3 Å². The minimum atomic E-state index is -2.15. The summed E-state index contributed by atoms with van der Waals surface area (Å²) < 4.78 is 20.8.